The van der Waals surface area contributed by atoms with Crippen LogP contribution in [0.5, 0.6) is 11.5 Å². The highest BCUT2D eigenvalue weighted by atomic mass is 35.5. The third-order valence-electron chi connectivity index (χ3n) is 3.01. The minimum absolute atomic E-state index is 0.0244. The number of amides is 1. The zero-order valence-corrected chi connectivity index (χ0v) is 12.1. The van der Waals surface area contributed by atoms with Crippen molar-refractivity contribution in [2.45, 2.75) is 0 Å². The molecule has 0 saturated heterocycles. The molecule has 0 spiro atoms. The molecule has 0 bridgehead atoms. The zero-order chi connectivity index (χ0) is 15.0. The smallest absolute Gasteiger partial charge is 0.262 e. The Hall–Kier alpha value is -2.17. The van der Waals surface area contributed by atoms with Gasteiger partial charge in [0.05, 0.1) is 15.7 Å². The van der Waals surface area contributed by atoms with E-state index in [1.807, 2.05) is 6.07 Å². The summed E-state index contributed by atoms with van der Waals surface area (Å²) in [4.78, 5) is 14.0. The predicted octanol–water partition coefficient (Wildman–Crippen LogP) is 4.21. The highest BCUT2D eigenvalue weighted by Crippen LogP contribution is 2.36. The van der Waals surface area contributed by atoms with Crippen LogP contribution in [0.4, 0.5) is 5.69 Å². The van der Waals surface area contributed by atoms with Gasteiger partial charge in [-0.25, -0.2) is 0 Å². The minimum Gasteiger partial charge on any atom is -0.505 e. The number of halogens is 2. The molecule has 2 aromatic rings. The summed E-state index contributed by atoms with van der Waals surface area (Å²) < 4.78 is 5.34. The van der Waals surface area contributed by atoms with Crippen molar-refractivity contribution in [1.29, 1.82) is 0 Å². The van der Waals surface area contributed by atoms with E-state index in [1.165, 1.54) is 29.5 Å². The molecule has 1 heterocycles. The molecule has 1 aliphatic heterocycles. The summed E-state index contributed by atoms with van der Waals surface area (Å²) >= 11 is 11.7. The third kappa shape index (κ3) is 2.44. The van der Waals surface area contributed by atoms with Crippen molar-refractivity contribution in [3.63, 3.8) is 0 Å². The molecular weight excluding hydrogens is 313 g/mol. The molecule has 0 fully saturated rings. The van der Waals surface area contributed by atoms with E-state index in [2.05, 4.69) is 0 Å². The van der Waals surface area contributed by atoms with Crippen molar-refractivity contribution in [3.8, 4) is 11.5 Å². The monoisotopic (exact) mass is 321 g/mol. The van der Waals surface area contributed by atoms with E-state index in [-0.39, 0.29) is 27.3 Å². The number of benzene rings is 2. The number of hydrogen-bond acceptors (Lipinski definition) is 3. The first-order chi connectivity index (χ1) is 10.1. The summed E-state index contributed by atoms with van der Waals surface area (Å²) in [5.74, 6) is 0.00271. The molecule has 2 aromatic carbocycles. The molecule has 106 valence electrons. The molecule has 1 N–H and O–H groups in total. The van der Waals surface area contributed by atoms with Crippen LogP contribution >= 0.6 is 23.2 Å². The first-order valence-corrected chi connectivity index (χ1v) is 6.77. The minimum atomic E-state index is -0.328. The SMILES string of the molecule is O=C(c1cc(Cl)c(O)c(Cl)c1)N1C=COc2ccccc21. The van der Waals surface area contributed by atoms with E-state index in [9.17, 15) is 9.90 Å². The Bertz CT molecular complexity index is 735. The van der Waals surface area contributed by atoms with Crippen LogP contribution in [-0.2, 0) is 0 Å². The summed E-state index contributed by atoms with van der Waals surface area (Å²) in [6.07, 6.45) is 2.93. The fourth-order valence-corrected chi connectivity index (χ4v) is 2.49. The molecule has 1 amide bonds. The fraction of sp³-hybridized carbons (Fsp3) is 0. The summed E-state index contributed by atoms with van der Waals surface area (Å²) in [5.41, 5.74) is 0.884. The van der Waals surface area contributed by atoms with Gasteiger partial charge in [0.2, 0.25) is 0 Å². The van der Waals surface area contributed by atoms with Gasteiger partial charge in [-0.2, -0.15) is 0 Å². The van der Waals surface area contributed by atoms with Gasteiger partial charge in [-0.15, -0.1) is 0 Å². The highest BCUT2D eigenvalue weighted by Gasteiger charge is 2.23. The molecule has 0 unspecified atom stereocenters. The molecule has 0 atom stereocenters. The van der Waals surface area contributed by atoms with Gasteiger partial charge in [0, 0.05) is 11.8 Å². The largest absolute Gasteiger partial charge is 0.505 e. The lowest BCUT2D eigenvalue weighted by Gasteiger charge is -2.24. The predicted molar refractivity (Wildman–Crippen MR) is 81.1 cm³/mol. The van der Waals surface area contributed by atoms with Crippen molar-refractivity contribution in [2.24, 2.45) is 0 Å². The number of aromatic hydroxyl groups is 1. The summed E-state index contributed by atoms with van der Waals surface area (Å²) in [6, 6.07) is 9.89. The van der Waals surface area contributed by atoms with Gasteiger partial charge in [-0.3, -0.25) is 9.69 Å². The van der Waals surface area contributed by atoms with Crippen molar-refractivity contribution in [3.05, 3.63) is 64.5 Å². The summed E-state index contributed by atoms with van der Waals surface area (Å²) in [6.45, 7) is 0. The summed E-state index contributed by atoms with van der Waals surface area (Å²) in [7, 11) is 0. The molecule has 1 aliphatic rings. The van der Waals surface area contributed by atoms with E-state index >= 15 is 0 Å². The molecule has 6 heteroatoms. The molecule has 0 radical (unpaired) electrons. The van der Waals surface area contributed by atoms with Gasteiger partial charge in [0.1, 0.15) is 6.26 Å². The van der Waals surface area contributed by atoms with Crippen LogP contribution < -0.4 is 9.64 Å². The second kappa shape index (κ2) is 5.31. The second-order valence-corrected chi connectivity index (χ2v) is 5.15. The number of hydrogen-bond donors (Lipinski definition) is 1. The molecule has 0 aliphatic carbocycles. The van der Waals surface area contributed by atoms with Crippen LogP contribution in [0.15, 0.2) is 48.9 Å². The second-order valence-electron chi connectivity index (χ2n) is 4.33. The Morgan fingerprint density at radius 2 is 1.81 bits per heavy atom. The fourth-order valence-electron chi connectivity index (χ4n) is 2.01. The van der Waals surface area contributed by atoms with Crippen molar-refractivity contribution < 1.29 is 14.6 Å². The first kappa shape index (κ1) is 13.8. The number of carbonyl (C=O) groups excluding carboxylic acids is 1. The van der Waals surface area contributed by atoms with Gasteiger partial charge in [0.15, 0.2) is 11.5 Å². The van der Waals surface area contributed by atoms with E-state index < -0.39 is 0 Å². The maximum Gasteiger partial charge on any atom is 0.262 e. The maximum atomic E-state index is 12.6. The van der Waals surface area contributed by atoms with Crippen LogP contribution in [0.25, 0.3) is 0 Å². The number of phenolic OH excluding ortho intramolecular Hbond substituents is 1. The van der Waals surface area contributed by atoms with Crippen molar-refractivity contribution >= 4 is 34.8 Å². The van der Waals surface area contributed by atoms with Crippen LogP contribution in [0.3, 0.4) is 0 Å². The van der Waals surface area contributed by atoms with E-state index in [0.717, 1.165) is 0 Å². The number of phenols is 1. The number of rotatable bonds is 1. The number of fused-ring (bicyclic) bond motifs is 1. The van der Waals surface area contributed by atoms with Crippen molar-refractivity contribution in [2.75, 3.05) is 4.90 Å². The molecular formula is C15H9Cl2NO3. The van der Waals surface area contributed by atoms with Gasteiger partial charge in [0.25, 0.3) is 5.91 Å². The Kier molecular flexibility index (Phi) is 3.49. The Balaban J connectivity index is 2.03. The average molecular weight is 322 g/mol. The Morgan fingerprint density at radius 3 is 2.52 bits per heavy atom. The van der Waals surface area contributed by atoms with Gasteiger partial charge < -0.3 is 9.84 Å². The maximum absolute atomic E-state index is 12.6. The molecule has 0 aromatic heterocycles. The topological polar surface area (TPSA) is 49.8 Å². The average Bonchev–Trinajstić information content (AvgIpc) is 2.51. The number of carbonyl (C=O) groups is 1. The van der Waals surface area contributed by atoms with Crippen LogP contribution in [0.2, 0.25) is 10.0 Å². The van der Waals surface area contributed by atoms with E-state index in [0.29, 0.717) is 11.4 Å². The van der Waals surface area contributed by atoms with Crippen LogP contribution in [0, 0.1) is 0 Å². The number of para-hydroxylation sites is 2. The highest BCUT2D eigenvalue weighted by molar-refractivity contribution is 6.37. The summed E-state index contributed by atoms with van der Waals surface area (Å²) in [5, 5.41) is 9.61. The van der Waals surface area contributed by atoms with Gasteiger partial charge in [-0.05, 0) is 24.3 Å². The standard InChI is InChI=1S/C15H9Cl2NO3/c16-10-7-9(8-11(17)14(10)19)15(20)18-5-6-21-13-4-2-1-3-12(13)18/h1-8,19H. The number of anilines is 1. The first-order valence-electron chi connectivity index (χ1n) is 6.02. The molecule has 0 saturated carbocycles. The molecule has 21 heavy (non-hydrogen) atoms. The third-order valence-corrected chi connectivity index (χ3v) is 3.59. The lowest BCUT2D eigenvalue weighted by molar-refractivity contribution is 0.0995. The lowest BCUT2D eigenvalue weighted by Crippen LogP contribution is -2.27. The quantitative estimate of drug-likeness (QED) is 0.856. The van der Waals surface area contributed by atoms with Crippen molar-refractivity contribution in [1.82, 2.24) is 0 Å². The van der Waals surface area contributed by atoms with Gasteiger partial charge in [-0.1, -0.05) is 35.3 Å². The molecule has 4 nitrogen and oxygen atoms in total. The van der Waals surface area contributed by atoms with E-state index in [1.54, 1.807) is 18.2 Å². The Morgan fingerprint density at radius 1 is 1.14 bits per heavy atom. The lowest BCUT2D eigenvalue weighted by atomic mass is 10.1. The Labute approximate surface area is 130 Å². The number of nitrogens with zero attached hydrogens (tertiary/aromatic N) is 1. The van der Waals surface area contributed by atoms with Crippen LogP contribution in [0.1, 0.15) is 10.4 Å². The van der Waals surface area contributed by atoms with Crippen LogP contribution in [-0.4, -0.2) is 11.0 Å². The van der Waals surface area contributed by atoms with E-state index in [4.69, 9.17) is 27.9 Å². The van der Waals surface area contributed by atoms with Gasteiger partial charge >= 0.3 is 0 Å². The zero-order valence-electron chi connectivity index (χ0n) is 10.6. The normalized spacial score (nSPS) is 12.8. The number of ether oxygens (including phenoxy) is 1. The molecule has 3 rings (SSSR count).